The fourth-order valence-electron chi connectivity index (χ4n) is 4.68. The molecular formula is C22H13FN2O2. The van der Waals surface area contributed by atoms with Gasteiger partial charge in [0.2, 0.25) is 0 Å². The summed E-state index contributed by atoms with van der Waals surface area (Å²) in [4.78, 5) is 29.8. The Morgan fingerprint density at radius 2 is 1.41 bits per heavy atom. The number of hydrogen-bond acceptors (Lipinski definition) is 2. The maximum absolute atomic E-state index is 14.1. The number of benzene rings is 3. The normalized spacial score (nSPS) is 21.5. The maximum atomic E-state index is 14.1. The average molecular weight is 356 g/mol. The van der Waals surface area contributed by atoms with Gasteiger partial charge in [-0.1, -0.05) is 36.4 Å². The first kappa shape index (κ1) is 14.7. The van der Waals surface area contributed by atoms with Crippen LogP contribution in [0.1, 0.15) is 49.6 Å². The largest absolute Gasteiger partial charge is 0.302 e. The highest BCUT2D eigenvalue weighted by Crippen LogP contribution is 2.55. The number of halogens is 1. The van der Waals surface area contributed by atoms with Gasteiger partial charge in [0.25, 0.3) is 11.8 Å². The molecular weight excluding hydrogens is 343 g/mol. The summed E-state index contributed by atoms with van der Waals surface area (Å²) in [7, 11) is 0. The van der Waals surface area contributed by atoms with E-state index in [9.17, 15) is 14.0 Å². The van der Waals surface area contributed by atoms with Crippen LogP contribution in [0.25, 0.3) is 0 Å². The van der Waals surface area contributed by atoms with Crippen LogP contribution < -0.4 is 4.90 Å². The first-order valence-corrected chi connectivity index (χ1v) is 8.80. The van der Waals surface area contributed by atoms with Crippen molar-refractivity contribution in [2.45, 2.75) is 12.2 Å². The first-order chi connectivity index (χ1) is 13.2. The van der Waals surface area contributed by atoms with Gasteiger partial charge in [0.1, 0.15) is 12.0 Å². The molecule has 0 saturated heterocycles. The van der Waals surface area contributed by atoms with Gasteiger partial charge in [0, 0.05) is 22.3 Å². The molecule has 130 valence electrons. The van der Waals surface area contributed by atoms with Gasteiger partial charge in [0.15, 0.2) is 0 Å². The van der Waals surface area contributed by atoms with Gasteiger partial charge in [-0.3, -0.25) is 14.5 Å². The summed E-state index contributed by atoms with van der Waals surface area (Å²) < 4.78 is 14.1. The first-order valence-electron chi connectivity index (χ1n) is 8.80. The van der Waals surface area contributed by atoms with Crippen molar-refractivity contribution in [3.63, 3.8) is 0 Å². The zero-order chi connectivity index (χ0) is 18.3. The van der Waals surface area contributed by atoms with E-state index in [2.05, 4.69) is 0 Å². The molecule has 0 N–H and O–H groups in total. The molecule has 3 aliphatic heterocycles. The summed E-state index contributed by atoms with van der Waals surface area (Å²) >= 11 is 0. The van der Waals surface area contributed by atoms with E-state index >= 15 is 0 Å². The summed E-state index contributed by atoms with van der Waals surface area (Å²) in [6.07, 6.45) is -0.517. The molecule has 27 heavy (non-hydrogen) atoms. The monoisotopic (exact) mass is 356 g/mol. The lowest BCUT2D eigenvalue weighted by atomic mass is 9.93. The van der Waals surface area contributed by atoms with Crippen molar-refractivity contribution >= 4 is 17.5 Å². The molecule has 0 fully saturated rings. The molecule has 0 spiro atoms. The minimum absolute atomic E-state index is 0.134. The Bertz CT molecular complexity index is 1170. The Kier molecular flexibility index (Phi) is 2.62. The molecule has 3 aromatic carbocycles. The molecule has 2 amide bonds. The third kappa shape index (κ3) is 1.66. The number of carbonyl (C=O) groups excluding carboxylic acids is 2. The zero-order valence-corrected chi connectivity index (χ0v) is 14.1. The Hall–Kier alpha value is -3.47. The highest BCUT2D eigenvalue weighted by Gasteiger charge is 2.53. The number of nitrogens with zero attached hydrogens (tertiary/aromatic N) is 2. The van der Waals surface area contributed by atoms with Crippen LogP contribution >= 0.6 is 0 Å². The van der Waals surface area contributed by atoms with Crippen LogP contribution in [0, 0.1) is 5.82 Å². The summed E-state index contributed by atoms with van der Waals surface area (Å²) in [5, 5.41) is 0. The maximum Gasteiger partial charge on any atom is 0.260 e. The Labute approximate surface area is 154 Å². The van der Waals surface area contributed by atoms with Crippen molar-refractivity contribution in [2.75, 3.05) is 4.90 Å². The lowest BCUT2D eigenvalue weighted by molar-refractivity contribution is 0.0634. The predicted molar refractivity (Wildman–Crippen MR) is 96.8 cm³/mol. The second-order valence-corrected chi connectivity index (χ2v) is 7.04. The van der Waals surface area contributed by atoms with E-state index in [1.807, 2.05) is 36.4 Å². The summed E-state index contributed by atoms with van der Waals surface area (Å²) in [6.45, 7) is 0. The van der Waals surface area contributed by atoms with Crippen molar-refractivity contribution in [3.05, 3.63) is 100 Å². The minimum atomic E-state index is -0.517. The Morgan fingerprint density at radius 1 is 0.741 bits per heavy atom. The van der Waals surface area contributed by atoms with Crippen LogP contribution in [0.15, 0.2) is 66.7 Å². The van der Waals surface area contributed by atoms with Crippen LogP contribution in [0.2, 0.25) is 0 Å². The van der Waals surface area contributed by atoms with Crippen LogP contribution in [-0.2, 0) is 0 Å². The Morgan fingerprint density at radius 3 is 2.19 bits per heavy atom. The van der Waals surface area contributed by atoms with Gasteiger partial charge in [-0.2, -0.15) is 0 Å². The molecule has 3 aliphatic rings. The smallest absolute Gasteiger partial charge is 0.260 e. The number of fused-ring (bicyclic) bond motifs is 10. The average Bonchev–Trinajstić information content (AvgIpc) is 3.15. The van der Waals surface area contributed by atoms with Crippen molar-refractivity contribution in [1.29, 1.82) is 0 Å². The zero-order valence-electron chi connectivity index (χ0n) is 14.1. The lowest BCUT2D eigenvalue weighted by Crippen LogP contribution is -2.46. The number of carbonyl (C=O) groups is 2. The quantitative estimate of drug-likeness (QED) is 0.610. The molecule has 0 aromatic heterocycles. The minimum Gasteiger partial charge on any atom is -0.302 e. The van der Waals surface area contributed by atoms with Crippen molar-refractivity contribution in [2.24, 2.45) is 0 Å². The third-order valence-corrected chi connectivity index (χ3v) is 5.74. The standard InChI is InChI=1S/C22H13FN2O2/c23-12-9-10-18-17(11-12)19-13-5-1-3-7-15(13)22(27)25(19)20-14-6-2-4-8-16(14)21(26)24(18)20/h1-11,19-20H. The molecule has 3 aromatic rings. The van der Waals surface area contributed by atoms with Crippen LogP contribution in [-0.4, -0.2) is 16.7 Å². The molecule has 0 aliphatic carbocycles. The van der Waals surface area contributed by atoms with E-state index in [-0.39, 0.29) is 17.6 Å². The van der Waals surface area contributed by atoms with Crippen LogP contribution in [0.4, 0.5) is 10.1 Å². The fourth-order valence-corrected chi connectivity index (χ4v) is 4.68. The van der Waals surface area contributed by atoms with E-state index in [0.717, 1.165) is 11.1 Å². The molecule has 3 heterocycles. The SMILES string of the molecule is O=C1c2ccccc2C2N1c1ccc(F)cc1C1c3ccccc3C(=O)N12. The van der Waals surface area contributed by atoms with Gasteiger partial charge < -0.3 is 4.90 Å². The topological polar surface area (TPSA) is 40.6 Å². The van der Waals surface area contributed by atoms with E-state index in [1.54, 1.807) is 28.0 Å². The molecule has 2 unspecified atom stereocenters. The summed E-state index contributed by atoms with van der Waals surface area (Å²) in [6, 6.07) is 18.8. The molecule has 0 radical (unpaired) electrons. The second-order valence-electron chi connectivity index (χ2n) is 7.04. The number of anilines is 1. The number of hydrogen-bond donors (Lipinski definition) is 0. The molecule has 5 heteroatoms. The summed E-state index contributed by atoms with van der Waals surface area (Å²) in [5.41, 5.74) is 4.16. The van der Waals surface area contributed by atoms with Crippen molar-refractivity contribution < 1.29 is 14.0 Å². The molecule has 4 nitrogen and oxygen atoms in total. The van der Waals surface area contributed by atoms with Gasteiger partial charge >= 0.3 is 0 Å². The molecule has 2 atom stereocenters. The lowest BCUT2D eigenvalue weighted by Gasteiger charge is -2.43. The van der Waals surface area contributed by atoms with Gasteiger partial charge in [-0.05, 0) is 35.9 Å². The molecule has 0 saturated carbocycles. The fraction of sp³-hybridized carbons (Fsp3) is 0.0909. The van der Waals surface area contributed by atoms with Crippen molar-refractivity contribution in [1.82, 2.24) is 4.90 Å². The molecule has 0 bridgehead atoms. The third-order valence-electron chi connectivity index (χ3n) is 5.74. The highest BCUT2D eigenvalue weighted by atomic mass is 19.1. The predicted octanol–water partition coefficient (Wildman–Crippen LogP) is 4.04. The molecule has 6 rings (SSSR count). The van der Waals surface area contributed by atoms with E-state index in [1.165, 1.54) is 12.1 Å². The van der Waals surface area contributed by atoms with E-state index < -0.39 is 12.2 Å². The summed E-state index contributed by atoms with van der Waals surface area (Å²) in [5.74, 6) is -0.677. The van der Waals surface area contributed by atoms with Crippen molar-refractivity contribution in [3.8, 4) is 0 Å². The van der Waals surface area contributed by atoms with Gasteiger partial charge in [-0.15, -0.1) is 0 Å². The van der Waals surface area contributed by atoms with E-state index in [0.29, 0.717) is 22.4 Å². The highest BCUT2D eigenvalue weighted by molar-refractivity contribution is 6.13. The van der Waals surface area contributed by atoms with Gasteiger partial charge in [0.05, 0.1) is 11.7 Å². The van der Waals surface area contributed by atoms with Crippen LogP contribution in [0.3, 0.4) is 0 Å². The van der Waals surface area contributed by atoms with Crippen LogP contribution in [0.5, 0.6) is 0 Å². The number of rotatable bonds is 0. The number of amides is 2. The van der Waals surface area contributed by atoms with E-state index in [4.69, 9.17) is 0 Å². The Balaban J connectivity index is 1.70. The van der Waals surface area contributed by atoms with Gasteiger partial charge in [-0.25, -0.2) is 4.39 Å². The second kappa shape index (κ2) is 4.82.